The zero-order chi connectivity index (χ0) is 16.8. The van der Waals surface area contributed by atoms with E-state index in [9.17, 15) is 5.11 Å². The van der Waals surface area contributed by atoms with Crippen LogP contribution in [-0.2, 0) is 6.54 Å². The van der Waals surface area contributed by atoms with E-state index in [1.807, 2.05) is 0 Å². The van der Waals surface area contributed by atoms with Gasteiger partial charge in [0.15, 0.2) is 0 Å². The van der Waals surface area contributed by atoms with E-state index < -0.39 is 6.10 Å². The number of aromatic nitrogens is 1. The second kappa shape index (κ2) is 5.60. The highest BCUT2D eigenvalue weighted by Gasteiger charge is 2.24. The number of aryl methyl sites for hydroxylation is 3. The van der Waals surface area contributed by atoms with E-state index in [0.29, 0.717) is 13.1 Å². The smallest absolute Gasteiger partial charge is 0.0914 e. The quantitative estimate of drug-likeness (QED) is 0.728. The predicted molar refractivity (Wildman–Crippen MR) is 99.1 cm³/mol. The van der Waals surface area contributed by atoms with Gasteiger partial charge in [0, 0.05) is 16.5 Å². The fraction of sp³-hybridized carbons (Fsp3) is 0.286. The van der Waals surface area contributed by atoms with Crippen molar-refractivity contribution < 1.29 is 5.11 Å². The lowest BCUT2D eigenvalue weighted by atomic mass is 10.0. The largest absolute Gasteiger partial charge is 0.389 e. The molecule has 4 rings (SSSR count). The lowest BCUT2D eigenvalue weighted by Gasteiger charge is -2.12. The third-order valence-electron chi connectivity index (χ3n) is 4.87. The van der Waals surface area contributed by atoms with Crippen LogP contribution in [0.3, 0.4) is 0 Å². The van der Waals surface area contributed by atoms with Gasteiger partial charge in [0.05, 0.1) is 30.6 Å². The molecule has 0 saturated heterocycles. The van der Waals surface area contributed by atoms with E-state index >= 15 is 0 Å². The van der Waals surface area contributed by atoms with Crippen LogP contribution in [0.1, 0.15) is 27.9 Å². The van der Waals surface area contributed by atoms with Gasteiger partial charge < -0.3 is 9.67 Å². The number of nitrogens with zero attached hydrogens (tertiary/aromatic N) is 2. The summed E-state index contributed by atoms with van der Waals surface area (Å²) in [7, 11) is 0. The number of hydrogen-bond acceptors (Lipinski definition) is 2. The summed E-state index contributed by atoms with van der Waals surface area (Å²) in [4.78, 5) is 4.77. The van der Waals surface area contributed by atoms with Crippen LogP contribution in [0, 0.1) is 20.8 Å². The number of aliphatic hydroxyl groups excluding tert-OH is 1. The van der Waals surface area contributed by atoms with E-state index in [4.69, 9.17) is 4.99 Å². The summed E-state index contributed by atoms with van der Waals surface area (Å²) in [6.45, 7) is 7.40. The predicted octanol–water partition coefficient (Wildman–Crippen LogP) is 3.78. The van der Waals surface area contributed by atoms with Crippen molar-refractivity contribution in [2.45, 2.75) is 33.4 Å². The molecule has 3 aromatic rings. The molecule has 2 heterocycles. The summed E-state index contributed by atoms with van der Waals surface area (Å²) in [5.74, 6) is 0. The average Bonchev–Trinajstić information content (AvgIpc) is 2.71. The molecule has 0 fully saturated rings. The maximum absolute atomic E-state index is 10.3. The third-order valence-corrected chi connectivity index (χ3v) is 4.87. The van der Waals surface area contributed by atoms with Crippen molar-refractivity contribution >= 4 is 16.6 Å². The first-order valence-electron chi connectivity index (χ1n) is 8.44. The van der Waals surface area contributed by atoms with Crippen LogP contribution in [0.15, 0.2) is 47.5 Å². The molecule has 0 radical (unpaired) electrons. The SMILES string of the molecule is Cc1ccc(C2=NC[C@H](O)Cn3c2c(C)c2cc(C)ccc23)cc1. The maximum atomic E-state index is 10.3. The van der Waals surface area contributed by atoms with Crippen molar-refractivity contribution in [2.24, 2.45) is 4.99 Å². The lowest BCUT2D eigenvalue weighted by Crippen LogP contribution is -2.18. The minimum atomic E-state index is -0.456. The minimum Gasteiger partial charge on any atom is -0.389 e. The van der Waals surface area contributed by atoms with E-state index in [-0.39, 0.29) is 0 Å². The Morgan fingerprint density at radius 1 is 1.00 bits per heavy atom. The number of hydrogen-bond donors (Lipinski definition) is 1. The Kier molecular flexibility index (Phi) is 3.54. The number of fused-ring (bicyclic) bond motifs is 3. The minimum absolute atomic E-state index is 0.442. The fourth-order valence-corrected chi connectivity index (χ4v) is 3.61. The molecule has 1 N–H and O–H groups in total. The Balaban J connectivity index is 2.01. The van der Waals surface area contributed by atoms with Gasteiger partial charge in [-0.15, -0.1) is 0 Å². The van der Waals surface area contributed by atoms with Gasteiger partial charge in [-0.2, -0.15) is 0 Å². The van der Waals surface area contributed by atoms with E-state index in [1.54, 1.807) is 0 Å². The molecular formula is C21H22N2O. The van der Waals surface area contributed by atoms with Gasteiger partial charge in [-0.25, -0.2) is 0 Å². The maximum Gasteiger partial charge on any atom is 0.0914 e. The average molecular weight is 318 g/mol. The first-order valence-corrected chi connectivity index (χ1v) is 8.44. The lowest BCUT2D eigenvalue weighted by molar-refractivity contribution is 0.166. The van der Waals surface area contributed by atoms with Crippen LogP contribution in [0.25, 0.3) is 10.9 Å². The number of aliphatic hydroxyl groups is 1. The van der Waals surface area contributed by atoms with Crippen LogP contribution in [-0.4, -0.2) is 28.0 Å². The van der Waals surface area contributed by atoms with Gasteiger partial charge in [0.2, 0.25) is 0 Å². The van der Waals surface area contributed by atoms with Gasteiger partial charge in [0.25, 0.3) is 0 Å². The zero-order valence-electron chi connectivity index (χ0n) is 14.4. The van der Waals surface area contributed by atoms with Crippen molar-refractivity contribution in [2.75, 3.05) is 6.54 Å². The molecule has 0 saturated carbocycles. The van der Waals surface area contributed by atoms with E-state index in [0.717, 1.165) is 17.0 Å². The number of rotatable bonds is 1. The van der Waals surface area contributed by atoms with Gasteiger partial charge >= 0.3 is 0 Å². The molecule has 0 unspecified atom stereocenters. The van der Waals surface area contributed by atoms with Gasteiger partial charge in [-0.05, 0) is 38.5 Å². The third kappa shape index (κ3) is 2.36. The normalized spacial score (nSPS) is 17.5. The summed E-state index contributed by atoms with van der Waals surface area (Å²) in [5.41, 5.74) is 8.13. The van der Waals surface area contributed by atoms with Crippen LogP contribution < -0.4 is 0 Å². The molecule has 122 valence electrons. The Hall–Kier alpha value is -2.39. The van der Waals surface area contributed by atoms with Gasteiger partial charge in [-0.3, -0.25) is 4.99 Å². The first-order chi connectivity index (χ1) is 11.5. The highest BCUT2D eigenvalue weighted by atomic mass is 16.3. The number of aliphatic imine (C=N–C) groups is 1. The van der Waals surface area contributed by atoms with Crippen LogP contribution >= 0.6 is 0 Å². The van der Waals surface area contributed by atoms with E-state index in [1.165, 1.54) is 27.6 Å². The Morgan fingerprint density at radius 3 is 2.46 bits per heavy atom. The molecule has 0 spiro atoms. The Labute approximate surface area is 142 Å². The van der Waals surface area contributed by atoms with E-state index in [2.05, 4.69) is 67.8 Å². The number of benzene rings is 2. The summed E-state index contributed by atoms with van der Waals surface area (Å²) >= 11 is 0. The summed E-state index contributed by atoms with van der Waals surface area (Å²) in [5, 5.41) is 11.6. The molecule has 24 heavy (non-hydrogen) atoms. The topological polar surface area (TPSA) is 37.5 Å². The van der Waals surface area contributed by atoms with Gasteiger partial charge in [-0.1, -0.05) is 41.5 Å². The van der Waals surface area contributed by atoms with Crippen molar-refractivity contribution in [1.29, 1.82) is 0 Å². The molecule has 1 atom stereocenters. The molecule has 3 nitrogen and oxygen atoms in total. The molecule has 0 bridgehead atoms. The first kappa shape index (κ1) is 15.2. The molecule has 0 amide bonds. The molecule has 1 aliphatic rings. The van der Waals surface area contributed by atoms with Crippen molar-refractivity contribution in [1.82, 2.24) is 4.57 Å². The fourth-order valence-electron chi connectivity index (χ4n) is 3.61. The van der Waals surface area contributed by atoms with Crippen LogP contribution in [0.2, 0.25) is 0 Å². The van der Waals surface area contributed by atoms with Crippen molar-refractivity contribution in [3.8, 4) is 0 Å². The highest BCUT2D eigenvalue weighted by molar-refractivity contribution is 6.15. The van der Waals surface area contributed by atoms with Gasteiger partial charge in [0.1, 0.15) is 0 Å². The second-order valence-electron chi connectivity index (χ2n) is 6.81. The zero-order valence-corrected chi connectivity index (χ0v) is 14.4. The van der Waals surface area contributed by atoms with Crippen LogP contribution in [0.4, 0.5) is 0 Å². The molecule has 3 heteroatoms. The standard InChI is InChI=1S/C21H22N2O/c1-13-4-7-16(8-5-13)20-21-15(3)18-10-14(2)6-9-19(18)23(21)12-17(24)11-22-20/h4-10,17,24H,11-12H2,1-3H3/t17-/m0/s1. The van der Waals surface area contributed by atoms with Crippen molar-refractivity contribution in [3.63, 3.8) is 0 Å². The molecule has 1 aliphatic heterocycles. The second-order valence-corrected chi connectivity index (χ2v) is 6.81. The van der Waals surface area contributed by atoms with Crippen LogP contribution in [0.5, 0.6) is 0 Å². The summed E-state index contributed by atoms with van der Waals surface area (Å²) < 4.78 is 2.24. The summed E-state index contributed by atoms with van der Waals surface area (Å²) in [6.07, 6.45) is -0.456. The Morgan fingerprint density at radius 2 is 1.71 bits per heavy atom. The molecule has 0 aliphatic carbocycles. The summed E-state index contributed by atoms with van der Waals surface area (Å²) in [6, 6.07) is 15.0. The Bertz CT molecular complexity index is 948. The molecule has 1 aromatic heterocycles. The molecular weight excluding hydrogens is 296 g/mol. The highest BCUT2D eigenvalue weighted by Crippen LogP contribution is 2.30. The van der Waals surface area contributed by atoms with Crippen molar-refractivity contribution in [3.05, 3.63) is 70.4 Å². The molecule has 2 aromatic carbocycles. The monoisotopic (exact) mass is 318 g/mol.